The van der Waals surface area contributed by atoms with Crippen LogP contribution in [-0.2, 0) is 6.54 Å². The quantitative estimate of drug-likeness (QED) is 0.844. The zero-order valence-electron chi connectivity index (χ0n) is 9.87. The first-order valence-electron chi connectivity index (χ1n) is 5.89. The third-order valence-corrected chi connectivity index (χ3v) is 3.30. The molecule has 1 aromatic heterocycles. The smallest absolute Gasteiger partial charge is 0.268 e. The summed E-state index contributed by atoms with van der Waals surface area (Å²) in [5.74, 6) is -0.156. The number of rotatable bonds is 5. The standard InChI is InChI=1S/C12H17ClN2O2/c1-2-5-15-7-9(13)6-10(15)11(17)14-12(8-16)3-4-12/h6-7,16H,2-5,8H2,1H3,(H,14,17). The van der Waals surface area contributed by atoms with Crippen LogP contribution in [-0.4, -0.2) is 27.7 Å². The number of nitrogens with zero attached hydrogens (tertiary/aromatic N) is 1. The molecule has 0 radical (unpaired) electrons. The highest BCUT2D eigenvalue weighted by molar-refractivity contribution is 6.31. The molecule has 1 fully saturated rings. The largest absolute Gasteiger partial charge is 0.394 e. The molecule has 17 heavy (non-hydrogen) atoms. The van der Waals surface area contributed by atoms with E-state index >= 15 is 0 Å². The monoisotopic (exact) mass is 256 g/mol. The van der Waals surface area contributed by atoms with Gasteiger partial charge in [-0.05, 0) is 25.3 Å². The fourth-order valence-corrected chi connectivity index (χ4v) is 2.09. The second-order valence-corrected chi connectivity index (χ2v) is 5.07. The molecule has 0 aliphatic heterocycles. The predicted octanol–water partition coefficient (Wildman–Crippen LogP) is 1.81. The van der Waals surface area contributed by atoms with Gasteiger partial charge in [-0.2, -0.15) is 0 Å². The highest BCUT2D eigenvalue weighted by Crippen LogP contribution is 2.34. The van der Waals surface area contributed by atoms with Crippen molar-refractivity contribution < 1.29 is 9.90 Å². The molecule has 5 heteroatoms. The summed E-state index contributed by atoms with van der Waals surface area (Å²) in [6.07, 6.45) is 4.39. The number of halogens is 1. The molecule has 1 saturated carbocycles. The normalized spacial score (nSPS) is 16.9. The minimum Gasteiger partial charge on any atom is -0.394 e. The summed E-state index contributed by atoms with van der Waals surface area (Å²) in [6.45, 7) is 2.81. The topological polar surface area (TPSA) is 54.3 Å². The first-order valence-corrected chi connectivity index (χ1v) is 6.27. The SMILES string of the molecule is CCCn1cc(Cl)cc1C(=O)NC1(CO)CC1. The van der Waals surface area contributed by atoms with Gasteiger partial charge in [0.2, 0.25) is 0 Å². The van der Waals surface area contributed by atoms with E-state index < -0.39 is 0 Å². The van der Waals surface area contributed by atoms with Gasteiger partial charge in [-0.3, -0.25) is 4.79 Å². The van der Waals surface area contributed by atoms with E-state index in [0.29, 0.717) is 10.7 Å². The van der Waals surface area contributed by atoms with Crippen molar-refractivity contribution in [1.29, 1.82) is 0 Å². The van der Waals surface area contributed by atoms with Crippen molar-refractivity contribution in [3.05, 3.63) is 23.0 Å². The van der Waals surface area contributed by atoms with E-state index in [1.807, 2.05) is 11.5 Å². The summed E-state index contributed by atoms with van der Waals surface area (Å²) in [7, 11) is 0. The van der Waals surface area contributed by atoms with Gasteiger partial charge < -0.3 is 15.0 Å². The van der Waals surface area contributed by atoms with Crippen LogP contribution in [0.3, 0.4) is 0 Å². The van der Waals surface area contributed by atoms with Gasteiger partial charge in [-0.15, -0.1) is 0 Å². The number of aliphatic hydroxyl groups excluding tert-OH is 1. The maximum Gasteiger partial charge on any atom is 0.268 e. The predicted molar refractivity (Wildman–Crippen MR) is 66.3 cm³/mol. The van der Waals surface area contributed by atoms with Gasteiger partial charge in [0.15, 0.2) is 0 Å². The molecule has 2 rings (SSSR count). The molecule has 0 atom stereocenters. The maximum absolute atomic E-state index is 12.1. The van der Waals surface area contributed by atoms with Crippen molar-refractivity contribution in [3.8, 4) is 0 Å². The summed E-state index contributed by atoms with van der Waals surface area (Å²) in [5, 5.41) is 12.6. The Bertz CT molecular complexity index is 424. The van der Waals surface area contributed by atoms with E-state index in [4.69, 9.17) is 11.6 Å². The van der Waals surface area contributed by atoms with Crippen molar-refractivity contribution in [3.63, 3.8) is 0 Å². The Balaban J connectivity index is 2.13. The minimum atomic E-state index is -0.384. The second-order valence-electron chi connectivity index (χ2n) is 4.63. The van der Waals surface area contributed by atoms with Crippen LogP contribution in [0.4, 0.5) is 0 Å². The van der Waals surface area contributed by atoms with Crippen LogP contribution >= 0.6 is 11.6 Å². The third kappa shape index (κ3) is 2.64. The number of carbonyl (C=O) groups is 1. The number of aromatic nitrogens is 1. The fraction of sp³-hybridized carbons (Fsp3) is 0.583. The van der Waals surface area contributed by atoms with E-state index in [9.17, 15) is 9.90 Å². The second kappa shape index (κ2) is 4.70. The summed E-state index contributed by atoms with van der Waals surface area (Å²) >= 11 is 5.92. The Hall–Kier alpha value is -1.00. The van der Waals surface area contributed by atoms with E-state index in [1.54, 1.807) is 12.3 Å². The molecule has 0 saturated heterocycles. The van der Waals surface area contributed by atoms with Crippen LogP contribution in [0.2, 0.25) is 5.02 Å². The highest BCUT2D eigenvalue weighted by atomic mass is 35.5. The first kappa shape index (κ1) is 12.5. The zero-order valence-corrected chi connectivity index (χ0v) is 10.6. The van der Waals surface area contributed by atoms with Crippen molar-refractivity contribution in [1.82, 2.24) is 9.88 Å². The number of aliphatic hydroxyl groups is 1. The molecule has 1 aliphatic rings. The average molecular weight is 257 g/mol. The number of aryl methyl sites for hydroxylation is 1. The molecule has 0 aromatic carbocycles. The van der Waals surface area contributed by atoms with Gasteiger partial charge in [0.1, 0.15) is 5.69 Å². The molecular weight excluding hydrogens is 240 g/mol. The van der Waals surface area contributed by atoms with Gasteiger partial charge in [0.25, 0.3) is 5.91 Å². The Labute approximate surface area is 106 Å². The zero-order chi connectivity index (χ0) is 12.5. The molecule has 1 amide bonds. The van der Waals surface area contributed by atoms with Crippen LogP contribution in [0.1, 0.15) is 36.7 Å². The Morgan fingerprint density at radius 3 is 2.88 bits per heavy atom. The fourth-order valence-electron chi connectivity index (χ4n) is 1.87. The Morgan fingerprint density at radius 1 is 1.65 bits per heavy atom. The number of hydrogen-bond acceptors (Lipinski definition) is 2. The molecule has 0 spiro atoms. The number of amides is 1. The van der Waals surface area contributed by atoms with Crippen LogP contribution < -0.4 is 5.32 Å². The molecule has 0 bridgehead atoms. The lowest BCUT2D eigenvalue weighted by molar-refractivity contribution is 0.0897. The van der Waals surface area contributed by atoms with E-state index in [-0.39, 0.29) is 18.1 Å². The minimum absolute atomic E-state index is 0.000951. The van der Waals surface area contributed by atoms with Crippen molar-refractivity contribution in [2.45, 2.75) is 38.3 Å². The van der Waals surface area contributed by atoms with Crippen molar-refractivity contribution in [2.24, 2.45) is 0 Å². The number of nitrogens with one attached hydrogen (secondary N) is 1. The molecule has 4 nitrogen and oxygen atoms in total. The lowest BCUT2D eigenvalue weighted by Gasteiger charge is -2.15. The average Bonchev–Trinajstić information content (AvgIpc) is 2.96. The van der Waals surface area contributed by atoms with Crippen molar-refractivity contribution in [2.75, 3.05) is 6.61 Å². The van der Waals surface area contributed by atoms with Gasteiger partial charge in [-0.1, -0.05) is 18.5 Å². The summed E-state index contributed by atoms with van der Waals surface area (Å²) in [6, 6.07) is 1.67. The third-order valence-electron chi connectivity index (χ3n) is 3.10. The Morgan fingerprint density at radius 2 is 2.35 bits per heavy atom. The van der Waals surface area contributed by atoms with Gasteiger partial charge in [0.05, 0.1) is 17.2 Å². The van der Waals surface area contributed by atoms with E-state index in [0.717, 1.165) is 25.8 Å². The van der Waals surface area contributed by atoms with Crippen LogP contribution in [0.5, 0.6) is 0 Å². The van der Waals surface area contributed by atoms with Crippen LogP contribution in [0.25, 0.3) is 0 Å². The first-order chi connectivity index (χ1) is 8.10. The molecule has 1 aliphatic carbocycles. The van der Waals surface area contributed by atoms with Gasteiger partial charge in [-0.25, -0.2) is 0 Å². The summed E-state index contributed by atoms with van der Waals surface area (Å²) in [5.41, 5.74) is 0.182. The lowest BCUT2D eigenvalue weighted by Crippen LogP contribution is -2.40. The molecule has 1 aromatic rings. The van der Waals surface area contributed by atoms with Gasteiger partial charge in [0, 0.05) is 12.7 Å². The van der Waals surface area contributed by atoms with E-state index in [2.05, 4.69) is 5.32 Å². The number of hydrogen-bond donors (Lipinski definition) is 2. The molecule has 0 unspecified atom stereocenters. The molecule has 94 valence electrons. The van der Waals surface area contributed by atoms with E-state index in [1.165, 1.54) is 0 Å². The lowest BCUT2D eigenvalue weighted by atomic mass is 10.2. The van der Waals surface area contributed by atoms with Crippen LogP contribution in [0.15, 0.2) is 12.3 Å². The maximum atomic E-state index is 12.1. The molecular formula is C12H17ClN2O2. The Kier molecular flexibility index (Phi) is 3.45. The molecule has 1 heterocycles. The summed E-state index contributed by atoms with van der Waals surface area (Å²) < 4.78 is 1.85. The molecule has 2 N–H and O–H groups in total. The van der Waals surface area contributed by atoms with Crippen LogP contribution in [0, 0.1) is 0 Å². The van der Waals surface area contributed by atoms with Crippen molar-refractivity contribution >= 4 is 17.5 Å². The highest BCUT2D eigenvalue weighted by Gasteiger charge is 2.43. The van der Waals surface area contributed by atoms with Gasteiger partial charge >= 0.3 is 0 Å². The summed E-state index contributed by atoms with van der Waals surface area (Å²) in [4.78, 5) is 12.1. The number of carbonyl (C=O) groups excluding carboxylic acids is 1.